The Hall–Kier alpha value is -3.20. The maximum atomic E-state index is 12.9. The molecule has 2 heterocycles. The number of amides is 1. The molecule has 0 aliphatic rings. The number of carbonyl (C=O) groups is 1. The van der Waals surface area contributed by atoms with Gasteiger partial charge in [0.25, 0.3) is 5.91 Å². The number of carbonyl (C=O) groups excluding carboxylic acids is 1. The summed E-state index contributed by atoms with van der Waals surface area (Å²) >= 11 is 6.27. The molecule has 6 nitrogen and oxygen atoms in total. The van der Waals surface area contributed by atoms with E-state index in [1.807, 2.05) is 0 Å². The highest BCUT2D eigenvalue weighted by Gasteiger charge is 2.30. The predicted octanol–water partition coefficient (Wildman–Crippen LogP) is 4.01. The van der Waals surface area contributed by atoms with Gasteiger partial charge in [-0.15, -0.1) is 0 Å². The highest BCUT2D eigenvalue weighted by molar-refractivity contribution is 6.32. The van der Waals surface area contributed by atoms with Crippen molar-refractivity contribution >= 4 is 23.7 Å². The largest absolute Gasteiger partial charge is 0.416 e. The van der Waals surface area contributed by atoms with E-state index in [1.54, 1.807) is 6.92 Å². The van der Waals surface area contributed by atoms with E-state index in [2.05, 4.69) is 20.6 Å². The van der Waals surface area contributed by atoms with Gasteiger partial charge in [0.15, 0.2) is 0 Å². The van der Waals surface area contributed by atoms with Crippen molar-refractivity contribution in [1.82, 2.24) is 20.2 Å². The number of alkyl halides is 3. The Balaban J connectivity index is 1.84. The Labute approximate surface area is 162 Å². The summed E-state index contributed by atoms with van der Waals surface area (Å²) in [6.07, 6.45) is -0.252. The van der Waals surface area contributed by atoms with Gasteiger partial charge in [-0.25, -0.2) is 10.1 Å². The first kappa shape index (κ1) is 19.6. The van der Waals surface area contributed by atoms with Crippen molar-refractivity contribution in [3.05, 3.63) is 76.3 Å². The first-order valence-electron chi connectivity index (χ1n) is 7.93. The van der Waals surface area contributed by atoms with Crippen LogP contribution in [0, 0.1) is 6.92 Å². The van der Waals surface area contributed by atoms with Gasteiger partial charge >= 0.3 is 6.18 Å². The number of halogens is 4. The van der Waals surface area contributed by atoms with E-state index in [-0.39, 0.29) is 10.8 Å². The number of hydrazone groups is 1. The van der Waals surface area contributed by atoms with Gasteiger partial charge in [-0.05, 0) is 37.3 Å². The average molecular weight is 408 g/mol. The van der Waals surface area contributed by atoms with Crippen molar-refractivity contribution in [2.45, 2.75) is 13.1 Å². The Kier molecular flexibility index (Phi) is 5.46. The molecule has 0 aliphatic carbocycles. The lowest BCUT2D eigenvalue weighted by molar-refractivity contribution is -0.137. The zero-order chi connectivity index (χ0) is 20.3. The molecule has 0 saturated heterocycles. The molecule has 0 spiro atoms. The van der Waals surface area contributed by atoms with Crippen LogP contribution in [0.2, 0.25) is 5.15 Å². The predicted molar refractivity (Wildman–Crippen MR) is 97.6 cm³/mol. The molecule has 144 valence electrons. The van der Waals surface area contributed by atoms with Crippen LogP contribution >= 0.6 is 11.6 Å². The molecule has 0 saturated carbocycles. The summed E-state index contributed by atoms with van der Waals surface area (Å²) in [6.45, 7) is 1.63. The monoisotopic (exact) mass is 407 g/mol. The molecule has 0 fully saturated rings. The second kappa shape index (κ2) is 7.81. The fraction of sp³-hybridized carbons (Fsp3) is 0.111. The minimum absolute atomic E-state index is 0.0683. The summed E-state index contributed by atoms with van der Waals surface area (Å²) in [7, 11) is 0. The summed E-state index contributed by atoms with van der Waals surface area (Å²) < 4.78 is 39.9. The van der Waals surface area contributed by atoms with Crippen LogP contribution in [0.4, 0.5) is 13.2 Å². The van der Waals surface area contributed by atoms with E-state index in [4.69, 9.17) is 11.6 Å². The third kappa shape index (κ3) is 4.20. The smallest absolute Gasteiger partial charge is 0.267 e. The second-order valence-electron chi connectivity index (χ2n) is 5.68. The summed E-state index contributed by atoms with van der Waals surface area (Å²) in [4.78, 5) is 15.8. The quantitative estimate of drug-likeness (QED) is 0.524. The van der Waals surface area contributed by atoms with E-state index in [0.717, 1.165) is 12.1 Å². The number of pyridine rings is 1. The maximum Gasteiger partial charge on any atom is 0.416 e. The van der Waals surface area contributed by atoms with Crippen molar-refractivity contribution in [2.24, 2.45) is 5.10 Å². The van der Waals surface area contributed by atoms with E-state index < -0.39 is 17.6 Å². The van der Waals surface area contributed by atoms with Crippen molar-refractivity contribution < 1.29 is 18.0 Å². The van der Waals surface area contributed by atoms with E-state index in [9.17, 15) is 18.0 Å². The Bertz CT molecular complexity index is 1030. The van der Waals surface area contributed by atoms with Gasteiger partial charge in [0.1, 0.15) is 5.15 Å². The van der Waals surface area contributed by atoms with Crippen LogP contribution in [-0.4, -0.2) is 26.9 Å². The summed E-state index contributed by atoms with van der Waals surface area (Å²) in [5.74, 6) is -0.447. The van der Waals surface area contributed by atoms with Crippen molar-refractivity contribution in [1.29, 1.82) is 0 Å². The number of nitrogens with one attached hydrogen (secondary N) is 1. The highest BCUT2D eigenvalue weighted by Crippen LogP contribution is 2.31. The van der Waals surface area contributed by atoms with Crippen LogP contribution < -0.4 is 5.43 Å². The molecule has 0 atom stereocenters. The van der Waals surface area contributed by atoms with Gasteiger partial charge in [-0.1, -0.05) is 17.7 Å². The molecule has 0 bridgehead atoms. The third-order valence-electron chi connectivity index (χ3n) is 3.77. The van der Waals surface area contributed by atoms with Crippen molar-refractivity contribution in [3.8, 4) is 5.69 Å². The molecule has 10 heteroatoms. The van der Waals surface area contributed by atoms with Crippen LogP contribution in [-0.2, 0) is 6.18 Å². The third-order valence-corrected chi connectivity index (χ3v) is 4.13. The molecular weight excluding hydrogens is 395 g/mol. The standard InChI is InChI=1S/C18H13ClF3N5O/c1-11-15(10-24-25-17(28)12-5-7-23-8-6-12)16(19)27(26-11)14-4-2-3-13(9-14)18(20,21)22/h2-10H,1H3,(H,25,28)/b24-10+. The van der Waals surface area contributed by atoms with E-state index >= 15 is 0 Å². The summed E-state index contributed by atoms with van der Waals surface area (Å²) in [5, 5.41) is 8.07. The molecule has 1 N–H and O–H groups in total. The number of nitrogens with zero attached hydrogens (tertiary/aromatic N) is 4. The first-order valence-corrected chi connectivity index (χ1v) is 8.31. The first-order chi connectivity index (χ1) is 13.3. The molecule has 1 amide bonds. The SMILES string of the molecule is Cc1nn(-c2cccc(C(F)(F)F)c2)c(Cl)c1/C=N/NC(=O)c1ccncc1. The Morgan fingerprint density at radius 2 is 1.96 bits per heavy atom. The van der Waals surface area contributed by atoms with Gasteiger partial charge in [0.05, 0.1) is 28.7 Å². The minimum Gasteiger partial charge on any atom is -0.267 e. The normalized spacial score (nSPS) is 11.8. The minimum atomic E-state index is -4.48. The van der Waals surface area contributed by atoms with Crippen LogP contribution in [0.15, 0.2) is 53.9 Å². The second-order valence-corrected chi connectivity index (χ2v) is 6.04. The van der Waals surface area contributed by atoms with Gasteiger partial charge in [0, 0.05) is 18.0 Å². The Morgan fingerprint density at radius 1 is 1.25 bits per heavy atom. The Morgan fingerprint density at radius 3 is 2.64 bits per heavy atom. The summed E-state index contributed by atoms with van der Waals surface area (Å²) in [5.41, 5.74) is 2.86. The molecule has 2 aromatic heterocycles. The van der Waals surface area contributed by atoms with Gasteiger partial charge < -0.3 is 0 Å². The topological polar surface area (TPSA) is 72.2 Å². The highest BCUT2D eigenvalue weighted by atomic mass is 35.5. The lowest BCUT2D eigenvalue weighted by Gasteiger charge is -2.09. The molecule has 0 unspecified atom stereocenters. The van der Waals surface area contributed by atoms with Gasteiger partial charge in [-0.2, -0.15) is 23.4 Å². The zero-order valence-electron chi connectivity index (χ0n) is 14.4. The number of aromatic nitrogens is 3. The van der Waals surface area contributed by atoms with Crippen LogP contribution in [0.25, 0.3) is 5.69 Å². The van der Waals surface area contributed by atoms with Crippen molar-refractivity contribution in [3.63, 3.8) is 0 Å². The fourth-order valence-corrected chi connectivity index (χ4v) is 2.69. The lowest BCUT2D eigenvalue weighted by atomic mass is 10.2. The number of rotatable bonds is 4. The number of benzene rings is 1. The number of hydrogen-bond donors (Lipinski definition) is 1. The van der Waals surface area contributed by atoms with Gasteiger partial charge in [0.2, 0.25) is 0 Å². The zero-order valence-corrected chi connectivity index (χ0v) is 15.2. The molecule has 0 radical (unpaired) electrons. The molecule has 0 aliphatic heterocycles. The van der Waals surface area contributed by atoms with Crippen LogP contribution in [0.1, 0.15) is 27.2 Å². The maximum absolute atomic E-state index is 12.9. The van der Waals surface area contributed by atoms with Crippen molar-refractivity contribution in [2.75, 3.05) is 0 Å². The summed E-state index contributed by atoms with van der Waals surface area (Å²) in [6, 6.07) is 7.69. The van der Waals surface area contributed by atoms with Crippen LogP contribution in [0.5, 0.6) is 0 Å². The fourth-order valence-electron chi connectivity index (χ4n) is 2.37. The molecule has 3 aromatic rings. The molecule has 3 rings (SSSR count). The molecule has 1 aromatic carbocycles. The van der Waals surface area contributed by atoms with E-state index in [0.29, 0.717) is 16.8 Å². The number of aryl methyl sites for hydroxylation is 1. The lowest BCUT2D eigenvalue weighted by Crippen LogP contribution is -2.17. The average Bonchev–Trinajstić information content (AvgIpc) is 2.96. The van der Waals surface area contributed by atoms with E-state index in [1.165, 1.54) is 47.6 Å². The molecular formula is C18H13ClF3N5O. The van der Waals surface area contributed by atoms with Gasteiger partial charge in [-0.3, -0.25) is 9.78 Å². The number of hydrogen-bond acceptors (Lipinski definition) is 4. The van der Waals surface area contributed by atoms with Crippen LogP contribution in [0.3, 0.4) is 0 Å². The molecule has 28 heavy (non-hydrogen) atoms.